The SMILES string of the molecule is CCC(CCNC(=NC)NC(C)c1ccccc1)N1CCCC1=O. The third kappa shape index (κ3) is 4.98. The van der Waals surface area contributed by atoms with Crippen molar-refractivity contribution < 1.29 is 4.79 Å². The molecule has 5 heteroatoms. The van der Waals surface area contributed by atoms with Crippen LogP contribution in [0.4, 0.5) is 0 Å². The average molecular weight is 330 g/mol. The number of carbonyl (C=O) groups is 1. The van der Waals surface area contributed by atoms with E-state index in [-0.39, 0.29) is 6.04 Å². The molecule has 1 aliphatic heterocycles. The van der Waals surface area contributed by atoms with Crippen LogP contribution >= 0.6 is 0 Å². The van der Waals surface area contributed by atoms with Crippen LogP contribution < -0.4 is 10.6 Å². The largest absolute Gasteiger partial charge is 0.356 e. The molecule has 1 amide bonds. The first-order chi connectivity index (χ1) is 11.7. The van der Waals surface area contributed by atoms with Gasteiger partial charge in [0.2, 0.25) is 5.91 Å². The van der Waals surface area contributed by atoms with E-state index in [2.05, 4.69) is 41.6 Å². The van der Waals surface area contributed by atoms with Gasteiger partial charge in [-0.25, -0.2) is 0 Å². The second-order valence-electron chi connectivity index (χ2n) is 6.32. The molecule has 2 atom stereocenters. The summed E-state index contributed by atoms with van der Waals surface area (Å²) in [6.45, 7) is 6.00. The number of nitrogens with one attached hydrogen (secondary N) is 2. The zero-order chi connectivity index (χ0) is 17.4. The van der Waals surface area contributed by atoms with Crippen molar-refractivity contribution in [1.29, 1.82) is 0 Å². The lowest BCUT2D eigenvalue weighted by Crippen LogP contribution is -2.42. The Morgan fingerprint density at radius 3 is 2.67 bits per heavy atom. The number of nitrogens with zero attached hydrogens (tertiary/aromatic N) is 2. The molecule has 0 spiro atoms. The summed E-state index contributed by atoms with van der Waals surface area (Å²) in [5.41, 5.74) is 1.23. The van der Waals surface area contributed by atoms with E-state index in [1.807, 2.05) is 23.1 Å². The van der Waals surface area contributed by atoms with Crippen LogP contribution in [0.3, 0.4) is 0 Å². The minimum absolute atomic E-state index is 0.194. The fourth-order valence-electron chi connectivity index (χ4n) is 3.22. The predicted molar refractivity (Wildman–Crippen MR) is 99.0 cm³/mol. The number of benzene rings is 1. The lowest BCUT2D eigenvalue weighted by molar-refractivity contribution is -0.129. The zero-order valence-corrected chi connectivity index (χ0v) is 15.1. The van der Waals surface area contributed by atoms with E-state index in [4.69, 9.17) is 0 Å². The standard InChI is InChI=1S/C19H30N4O/c1-4-17(23-14-8-11-18(23)24)12-13-21-19(20-3)22-15(2)16-9-6-5-7-10-16/h5-7,9-10,15,17H,4,8,11-14H2,1-3H3,(H2,20,21,22). The third-order valence-corrected chi connectivity index (χ3v) is 4.67. The fourth-order valence-corrected chi connectivity index (χ4v) is 3.22. The summed E-state index contributed by atoms with van der Waals surface area (Å²) < 4.78 is 0. The van der Waals surface area contributed by atoms with Gasteiger partial charge < -0.3 is 15.5 Å². The number of amides is 1. The van der Waals surface area contributed by atoms with Crippen LogP contribution in [0.25, 0.3) is 0 Å². The first kappa shape index (κ1) is 18.3. The van der Waals surface area contributed by atoms with Crippen molar-refractivity contribution >= 4 is 11.9 Å². The normalized spacial score (nSPS) is 17.7. The monoisotopic (exact) mass is 330 g/mol. The molecule has 0 radical (unpaired) electrons. The second kappa shape index (κ2) is 9.30. The van der Waals surface area contributed by atoms with Gasteiger partial charge in [-0.2, -0.15) is 0 Å². The van der Waals surface area contributed by atoms with Gasteiger partial charge in [-0.1, -0.05) is 37.3 Å². The minimum atomic E-state index is 0.194. The van der Waals surface area contributed by atoms with Crippen molar-refractivity contribution in [3.8, 4) is 0 Å². The first-order valence-corrected chi connectivity index (χ1v) is 8.97. The van der Waals surface area contributed by atoms with Crippen molar-refractivity contribution in [3.63, 3.8) is 0 Å². The molecule has 2 rings (SSSR count). The van der Waals surface area contributed by atoms with Gasteiger partial charge in [0.1, 0.15) is 0 Å². The van der Waals surface area contributed by atoms with E-state index in [1.165, 1.54) is 5.56 Å². The Hall–Kier alpha value is -2.04. The molecular weight excluding hydrogens is 300 g/mol. The summed E-state index contributed by atoms with van der Waals surface area (Å²) in [6, 6.07) is 10.9. The molecule has 1 fully saturated rings. The zero-order valence-electron chi connectivity index (χ0n) is 15.1. The molecule has 1 aliphatic rings. The fraction of sp³-hybridized carbons (Fsp3) is 0.579. The van der Waals surface area contributed by atoms with Crippen molar-refractivity contribution in [2.75, 3.05) is 20.1 Å². The van der Waals surface area contributed by atoms with Crippen LogP contribution in [-0.4, -0.2) is 42.9 Å². The molecule has 0 aromatic heterocycles. The molecule has 1 aromatic rings. The maximum absolute atomic E-state index is 11.9. The maximum atomic E-state index is 11.9. The summed E-state index contributed by atoms with van der Waals surface area (Å²) in [4.78, 5) is 18.2. The van der Waals surface area contributed by atoms with Gasteiger partial charge in [0.25, 0.3) is 0 Å². The highest BCUT2D eigenvalue weighted by Crippen LogP contribution is 2.17. The van der Waals surface area contributed by atoms with E-state index in [9.17, 15) is 4.79 Å². The van der Waals surface area contributed by atoms with Gasteiger partial charge >= 0.3 is 0 Å². The van der Waals surface area contributed by atoms with Crippen molar-refractivity contribution in [3.05, 3.63) is 35.9 Å². The Bertz CT molecular complexity index is 544. The topological polar surface area (TPSA) is 56.7 Å². The van der Waals surface area contributed by atoms with E-state index in [0.717, 1.165) is 38.3 Å². The van der Waals surface area contributed by atoms with E-state index >= 15 is 0 Å². The minimum Gasteiger partial charge on any atom is -0.356 e. The van der Waals surface area contributed by atoms with Gasteiger partial charge in [-0.15, -0.1) is 0 Å². The molecule has 132 valence electrons. The number of hydrogen-bond donors (Lipinski definition) is 2. The Morgan fingerprint density at radius 1 is 1.33 bits per heavy atom. The molecule has 0 saturated carbocycles. The Morgan fingerprint density at radius 2 is 2.08 bits per heavy atom. The van der Waals surface area contributed by atoms with Crippen LogP contribution in [0.15, 0.2) is 35.3 Å². The Balaban J connectivity index is 1.80. The quantitative estimate of drug-likeness (QED) is 0.597. The van der Waals surface area contributed by atoms with Crippen molar-refractivity contribution in [2.45, 2.75) is 51.6 Å². The van der Waals surface area contributed by atoms with Crippen LogP contribution in [-0.2, 0) is 4.79 Å². The predicted octanol–water partition coefficient (Wildman–Crippen LogP) is 2.70. The highest BCUT2D eigenvalue weighted by atomic mass is 16.2. The number of likely N-dealkylation sites (tertiary alicyclic amines) is 1. The van der Waals surface area contributed by atoms with Gasteiger partial charge in [0.15, 0.2) is 5.96 Å². The summed E-state index contributed by atoms with van der Waals surface area (Å²) in [6.07, 6.45) is 3.66. The highest BCUT2D eigenvalue weighted by molar-refractivity contribution is 5.80. The number of rotatable bonds is 7. The molecule has 0 aliphatic carbocycles. The smallest absolute Gasteiger partial charge is 0.222 e. The Labute approximate surface area is 145 Å². The summed E-state index contributed by atoms with van der Waals surface area (Å²) >= 11 is 0. The number of guanidine groups is 1. The molecule has 2 unspecified atom stereocenters. The maximum Gasteiger partial charge on any atom is 0.222 e. The molecule has 0 bridgehead atoms. The summed E-state index contributed by atoms with van der Waals surface area (Å²) in [5, 5.41) is 6.79. The molecule has 24 heavy (non-hydrogen) atoms. The molecule has 1 heterocycles. The van der Waals surface area contributed by atoms with Crippen molar-refractivity contribution in [1.82, 2.24) is 15.5 Å². The van der Waals surface area contributed by atoms with Gasteiger partial charge in [-0.05, 0) is 31.7 Å². The highest BCUT2D eigenvalue weighted by Gasteiger charge is 2.26. The van der Waals surface area contributed by atoms with E-state index in [1.54, 1.807) is 7.05 Å². The molecule has 2 N–H and O–H groups in total. The number of carbonyl (C=O) groups excluding carboxylic acids is 1. The number of hydrogen-bond acceptors (Lipinski definition) is 2. The first-order valence-electron chi connectivity index (χ1n) is 8.97. The van der Waals surface area contributed by atoms with E-state index < -0.39 is 0 Å². The lowest BCUT2D eigenvalue weighted by Gasteiger charge is -2.27. The van der Waals surface area contributed by atoms with Crippen LogP contribution in [0, 0.1) is 0 Å². The van der Waals surface area contributed by atoms with Crippen LogP contribution in [0.2, 0.25) is 0 Å². The van der Waals surface area contributed by atoms with Gasteiger partial charge in [-0.3, -0.25) is 9.79 Å². The van der Waals surface area contributed by atoms with Crippen LogP contribution in [0.1, 0.15) is 51.1 Å². The van der Waals surface area contributed by atoms with Gasteiger partial charge in [0, 0.05) is 32.6 Å². The summed E-state index contributed by atoms with van der Waals surface area (Å²) in [7, 11) is 1.79. The van der Waals surface area contributed by atoms with Gasteiger partial charge in [0.05, 0.1) is 6.04 Å². The average Bonchev–Trinajstić information content (AvgIpc) is 3.04. The molecule has 1 saturated heterocycles. The van der Waals surface area contributed by atoms with Crippen molar-refractivity contribution in [2.24, 2.45) is 4.99 Å². The lowest BCUT2D eigenvalue weighted by atomic mass is 10.1. The summed E-state index contributed by atoms with van der Waals surface area (Å²) in [5.74, 6) is 1.11. The molecular formula is C19H30N4O. The third-order valence-electron chi connectivity index (χ3n) is 4.67. The number of aliphatic imine (C=N–C) groups is 1. The molecule has 1 aromatic carbocycles. The van der Waals surface area contributed by atoms with Crippen LogP contribution in [0.5, 0.6) is 0 Å². The molecule has 5 nitrogen and oxygen atoms in total. The Kier molecular flexibility index (Phi) is 7.09. The van der Waals surface area contributed by atoms with E-state index in [0.29, 0.717) is 18.4 Å². The second-order valence-corrected chi connectivity index (χ2v) is 6.32.